The van der Waals surface area contributed by atoms with Crippen LogP contribution in [-0.4, -0.2) is 45.8 Å². The molecule has 2 N–H and O–H groups in total. The molecule has 0 bridgehead atoms. The number of nitriles is 1. The van der Waals surface area contributed by atoms with E-state index in [2.05, 4.69) is 25.9 Å². The average molecular weight is 356 g/mol. The molecule has 0 amide bonds. The van der Waals surface area contributed by atoms with Crippen molar-refractivity contribution in [3.05, 3.63) is 41.4 Å². The Hall–Kier alpha value is -3.74. The van der Waals surface area contributed by atoms with Crippen LogP contribution in [0.3, 0.4) is 0 Å². The van der Waals surface area contributed by atoms with E-state index in [0.717, 1.165) is 0 Å². The molecule has 0 saturated carbocycles. The van der Waals surface area contributed by atoms with E-state index >= 15 is 0 Å². The summed E-state index contributed by atoms with van der Waals surface area (Å²) in [6, 6.07) is 6.30. The Kier molecular flexibility index (Phi) is 6.39. The number of esters is 2. The highest BCUT2D eigenvalue weighted by atomic mass is 16.5. The predicted octanol–water partition coefficient (Wildman–Crippen LogP) is 1.53. The molecule has 0 aliphatic carbocycles. The topological polar surface area (TPSA) is 143 Å². The summed E-state index contributed by atoms with van der Waals surface area (Å²) in [7, 11) is 0. The van der Waals surface area contributed by atoms with Crippen LogP contribution in [0.5, 0.6) is 0 Å². The Bertz CT molecular complexity index is 854. The van der Waals surface area contributed by atoms with Crippen LogP contribution >= 0.6 is 0 Å². The molecule has 2 rings (SSSR count). The lowest BCUT2D eigenvalue weighted by Gasteiger charge is -2.11. The molecular formula is C16H16N6O4. The van der Waals surface area contributed by atoms with Gasteiger partial charge in [-0.15, -0.1) is 10.2 Å². The number of ether oxygens (including phenoxy) is 2. The lowest BCUT2D eigenvalue weighted by atomic mass is 10.1. The number of benzene rings is 1. The first kappa shape index (κ1) is 18.6. The van der Waals surface area contributed by atoms with Gasteiger partial charge in [-0.3, -0.25) is 0 Å². The van der Waals surface area contributed by atoms with E-state index in [0.29, 0.717) is 5.69 Å². The zero-order chi connectivity index (χ0) is 18.9. The number of allylic oxidation sites excluding steroid dienone is 1. The van der Waals surface area contributed by atoms with Gasteiger partial charge < -0.3 is 14.8 Å². The van der Waals surface area contributed by atoms with E-state index < -0.39 is 11.9 Å². The lowest BCUT2D eigenvalue weighted by Crippen LogP contribution is -2.11. The van der Waals surface area contributed by atoms with Crippen LogP contribution in [-0.2, 0) is 9.47 Å². The standard InChI is InChI=1S/C16H16N6O4/c1-3-25-15(23)10-5-6-13(12(7-10)16(24)26-4-2)18-9-11(8-17)14-19-21-22-20-14/h5-7,9,18H,3-4H2,1-2H3,(H,19,20,21,22). The normalized spacial score (nSPS) is 10.7. The van der Waals surface area contributed by atoms with Gasteiger partial charge in [-0.25, -0.2) is 9.59 Å². The zero-order valence-electron chi connectivity index (χ0n) is 14.1. The van der Waals surface area contributed by atoms with Gasteiger partial charge in [0, 0.05) is 6.20 Å². The summed E-state index contributed by atoms with van der Waals surface area (Å²) in [5.41, 5.74) is 0.776. The minimum atomic E-state index is -0.618. The molecule has 0 radical (unpaired) electrons. The lowest BCUT2D eigenvalue weighted by molar-refractivity contribution is 0.0526. The fourth-order valence-corrected chi connectivity index (χ4v) is 1.96. The highest BCUT2D eigenvalue weighted by molar-refractivity contribution is 6.00. The Labute approximate surface area is 148 Å². The summed E-state index contributed by atoms with van der Waals surface area (Å²) in [5, 5.41) is 25.1. The van der Waals surface area contributed by atoms with Crippen LogP contribution in [0.2, 0.25) is 0 Å². The number of H-pyrrole nitrogens is 1. The number of anilines is 1. The van der Waals surface area contributed by atoms with Crippen LogP contribution < -0.4 is 5.32 Å². The van der Waals surface area contributed by atoms with Gasteiger partial charge in [0.1, 0.15) is 11.6 Å². The van der Waals surface area contributed by atoms with Gasteiger partial charge in [-0.1, -0.05) is 0 Å². The van der Waals surface area contributed by atoms with Gasteiger partial charge in [0.15, 0.2) is 0 Å². The maximum absolute atomic E-state index is 12.2. The molecule has 0 aliphatic heterocycles. The van der Waals surface area contributed by atoms with Crippen LogP contribution in [0.15, 0.2) is 24.4 Å². The fraction of sp³-hybridized carbons (Fsp3) is 0.250. The summed E-state index contributed by atoms with van der Waals surface area (Å²) in [6.45, 7) is 3.74. The first-order valence-electron chi connectivity index (χ1n) is 7.69. The molecule has 1 heterocycles. The quantitative estimate of drug-likeness (QED) is 0.557. The summed E-state index contributed by atoms with van der Waals surface area (Å²) in [6.07, 6.45) is 1.33. The number of tetrazole rings is 1. The van der Waals surface area contributed by atoms with Crippen molar-refractivity contribution in [1.82, 2.24) is 20.6 Å². The van der Waals surface area contributed by atoms with Crippen LogP contribution in [0, 0.1) is 11.3 Å². The molecule has 134 valence electrons. The maximum Gasteiger partial charge on any atom is 0.340 e. The molecule has 0 unspecified atom stereocenters. The minimum Gasteiger partial charge on any atom is -0.462 e. The fourth-order valence-electron chi connectivity index (χ4n) is 1.96. The molecule has 0 aliphatic rings. The molecule has 0 saturated heterocycles. The number of aromatic nitrogens is 4. The van der Waals surface area contributed by atoms with Crippen molar-refractivity contribution >= 4 is 23.2 Å². The number of nitrogens with zero attached hydrogens (tertiary/aromatic N) is 4. The van der Waals surface area contributed by atoms with E-state index in [9.17, 15) is 14.9 Å². The molecule has 2 aromatic rings. The van der Waals surface area contributed by atoms with Gasteiger partial charge in [0.05, 0.1) is 30.0 Å². The van der Waals surface area contributed by atoms with Crippen molar-refractivity contribution in [2.75, 3.05) is 18.5 Å². The Balaban J connectivity index is 2.36. The van der Waals surface area contributed by atoms with Crippen molar-refractivity contribution in [3.8, 4) is 6.07 Å². The van der Waals surface area contributed by atoms with Crippen LogP contribution in [0.1, 0.15) is 40.4 Å². The molecule has 10 nitrogen and oxygen atoms in total. The SMILES string of the molecule is CCOC(=O)c1ccc(NC=C(C#N)c2nn[nH]n2)c(C(=O)OCC)c1. The number of carbonyl (C=O) groups excluding carboxylic acids is 2. The molecule has 0 spiro atoms. The van der Waals surface area contributed by atoms with Gasteiger partial charge in [0.25, 0.3) is 0 Å². The number of hydrogen-bond acceptors (Lipinski definition) is 9. The van der Waals surface area contributed by atoms with E-state index in [1.54, 1.807) is 13.8 Å². The van der Waals surface area contributed by atoms with Crippen molar-refractivity contribution < 1.29 is 19.1 Å². The van der Waals surface area contributed by atoms with Gasteiger partial charge in [-0.05, 0) is 37.3 Å². The largest absolute Gasteiger partial charge is 0.462 e. The highest BCUT2D eigenvalue weighted by Crippen LogP contribution is 2.21. The highest BCUT2D eigenvalue weighted by Gasteiger charge is 2.17. The summed E-state index contributed by atoms with van der Waals surface area (Å²) >= 11 is 0. The number of aromatic amines is 1. The van der Waals surface area contributed by atoms with Crippen LogP contribution in [0.4, 0.5) is 5.69 Å². The number of carbonyl (C=O) groups is 2. The first-order valence-corrected chi connectivity index (χ1v) is 7.69. The van der Waals surface area contributed by atoms with Crippen molar-refractivity contribution in [3.63, 3.8) is 0 Å². The summed E-state index contributed by atoms with van der Waals surface area (Å²) in [4.78, 5) is 24.1. The molecule has 1 aromatic heterocycles. The number of nitrogens with one attached hydrogen (secondary N) is 2. The molecule has 0 atom stereocenters. The minimum absolute atomic E-state index is 0.0980. The second kappa shape index (κ2) is 8.93. The Morgan fingerprint density at radius 3 is 2.62 bits per heavy atom. The monoisotopic (exact) mass is 356 g/mol. The van der Waals surface area contributed by atoms with E-state index in [-0.39, 0.29) is 35.7 Å². The van der Waals surface area contributed by atoms with Gasteiger partial charge in [0.2, 0.25) is 5.82 Å². The molecule has 10 heteroatoms. The van der Waals surface area contributed by atoms with Crippen LogP contribution in [0.25, 0.3) is 5.57 Å². The second-order valence-corrected chi connectivity index (χ2v) is 4.75. The van der Waals surface area contributed by atoms with E-state index in [4.69, 9.17) is 9.47 Å². The Morgan fingerprint density at radius 2 is 2.00 bits per heavy atom. The molecule has 26 heavy (non-hydrogen) atoms. The first-order chi connectivity index (χ1) is 12.6. The van der Waals surface area contributed by atoms with Crippen molar-refractivity contribution in [2.45, 2.75) is 13.8 Å². The molecule has 1 aromatic carbocycles. The maximum atomic E-state index is 12.2. The van der Waals surface area contributed by atoms with E-state index in [1.807, 2.05) is 6.07 Å². The predicted molar refractivity (Wildman–Crippen MR) is 89.7 cm³/mol. The number of hydrogen-bond donors (Lipinski definition) is 2. The second-order valence-electron chi connectivity index (χ2n) is 4.75. The van der Waals surface area contributed by atoms with Crippen molar-refractivity contribution in [1.29, 1.82) is 5.26 Å². The molecular weight excluding hydrogens is 340 g/mol. The summed E-state index contributed by atoms with van der Waals surface area (Å²) < 4.78 is 9.95. The third kappa shape index (κ3) is 4.41. The number of rotatable bonds is 7. The third-order valence-corrected chi connectivity index (χ3v) is 3.10. The smallest absolute Gasteiger partial charge is 0.340 e. The van der Waals surface area contributed by atoms with E-state index in [1.165, 1.54) is 24.4 Å². The van der Waals surface area contributed by atoms with Gasteiger partial charge >= 0.3 is 11.9 Å². The third-order valence-electron chi connectivity index (χ3n) is 3.10. The molecule has 0 fully saturated rings. The zero-order valence-corrected chi connectivity index (χ0v) is 14.1. The average Bonchev–Trinajstić information content (AvgIpc) is 3.17. The van der Waals surface area contributed by atoms with Crippen molar-refractivity contribution in [2.24, 2.45) is 0 Å². The van der Waals surface area contributed by atoms with Gasteiger partial charge in [-0.2, -0.15) is 10.5 Å². The Morgan fingerprint density at radius 1 is 1.27 bits per heavy atom. The summed E-state index contributed by atoms with van der Waals surface area (Å²) in [5.74, 6) is -1.07.